The molecule has 1 aliphatic carbocycles. The zero-order valence-electron chi connectivity index (χ0n) is 9.34. The summed E-state index contributed by atoms with van der Waals surface area (Å²) in [6, 6.07) is 2.87. The predicted octanol–water partition coefficient (Wildman–Crippen LogP) is 2.92. The van der Waals surface area contributed by atoms with Gasteiger partial charge in [-0.25, -0.2) is 8.78 Å². The summed E-state index contributed by atoms with van der Waals surface area (Å²) in [5, 5.41) is 0.290. The minimum atomic E-state index is -0.928. The lowest BCUT2D eigenvalue weighted by atomic mass is 10.1. The molecule has 0 bridgehead atoms. The highest BCUT2D eigenvalue weighted by Crippen LogP contribution is 2.37. The number of halogens is 2. The number of fused-ring (bicyclic) bond motifs is 1. The van der Waals surface area contributed by atoms with Crippen LogP contribution in [0.3, 0.4) is 0 Å². The average Bonchev–Trinajstić information content (AvgIpc) is 3.10. The molecule has 0 unspecified atom stereocenters. The summed E-state index contributed by atoms with van der Waals surface area (Å²) in [7, 11) is 0. The molecule has 1 aromatic heterocycles. The fourth-order valence-corrected chi connectivity index (χ4v) is 2.23. The molecule has 88 valence electrons. The summed E-state index contributed by atoms with van der Waals surface area (Å²) in [6.45, 7) is 1.44. The van der Waals surface area contributed by atoms with Crippen molar-refractivity contribution in [3.63, 3.8) is 0 Å². The zero-order valence-corrected chi connectivity index (χ0v) is 9.34. The van der Waals surface area contributed by atoms with Crippen molar-refractivity contribution in [2.45, 2.75) is 25.8 Å². The lowest BCUT2D eigenvalue weighted by molar-refractivity contribution is 0.504. The molecule has 0 spiro atoms. The van der Waals surface area contributed by atoms with Crippen LogP contribution in [0, 0.1) is 18.6 Å². The minimum absolute atomic E-state index is 0.0972. The highest BCUT2D eigenvalue weighted by Gasteiger charge is 2.25. The van der Waals surface area contributed by atoms with E-state index in [0.29, 0.717) is 16.9 Å². The number of benzene rings is 1. The maximum Gasteiger partial charge on any atom is 0.189 e. The second-order valence-corrected chi connectivity index (χ2v) is 4.51. The Hall–Kier alpha value is -1.71. The van der Waals surface area contributed by atoms with Crippen molar-refractivity contribution in [2.75, 3.05) is 0 Å². The molecule has 1 aromatic carbocycles. The van der Waals surface area contributed by atoms with Gasteiger partial charge in [-0.05, 0) is 19.8 Å². The van der Waals surface area contributed by atoms with Crippen molar-refractivity contribution in [1.82, 2.24) is 4.57 Å². The van der Waals surface area contributed by atoms with Crippen molar-refractivity contribution < 1.29 is 8.78 Å². The van der Waals surface area contributed by atoms with Crippen molar-refractivity contribution in [3.05, 3.63) is 45.8 Å². The third kappa shape index (κ3) is 1.47. The Kier molecular flexibility index (Phi) is 2.08. The maximum atomic E-state index is 13.5. The smallest absolute Gasteiger partial charge is 0.189 e. The molecule has 3 rings (SSSR count). The van der Waals surface area contributed by atoms with Crippen LogP contribution in [0.25, 0.3) is 10.9 Å². The quantitative estimate of drug-likeness (QED) is 0.744. The van der Waals surface area contributed by atoms with E-state index in [0.717, 1.165) is 18.9 Å². The minimum Gasteiger partial charge on any atom is -0.344 e. The molecule has 0 N–H and O–H groups in total. The van der Waals surface area contributed by atoms with Crippen LogP contribution in [0.5, 0.6) is 0 Å². The van der Waals surface area contributed by atoms with Crippen LogP contribution < -0.4 is 5.43 Å². The third-order valence-corrected chi connectivity index (χ3v) is 3.28. The Morgan fingerprint density at radius 1 is 1.35 bits per heavy atom. The molecular weight excluding hydrogens is 224 g/mol. The van der Waals surface area contributed by atoms with E-state index in [1.807, 2.05) is 4.57 Å². The van der Waals surface area contributed by atoms with E-state index in [1.165, 1.54) is 13.0 Å². The highest BCUT2D eigenvalue weighted by atomic mass is 19.2. The van der Waals surface area contributed by atoms with E-state index in [9.17, 15) is 13.6 Å². The molecule has 0 amide bonds. The first kappa shape index (κ1) is 10.4. The first-order valence-corrected chi connectivity index (χ1v) is 5.59. The summed E-state index contributed by atoms with van der Waals surface area (Å²) < 4.78 is 28.7. The Morgan fingerprint density at radius 2 is 2.06 bits per heavy atom. The first-order valence-electron chi connectivity index (χ1n) is 5.59. The van der Waals surface area contributed by atoms with Crippen LogP contribution in [0.1, 0.15) is 24.4 Å². The average molecular weight is 235 g/mol. The topological polar surface area (TPSA) is 22.0 Å². The number of hydrogen-bond acceptors (Lipinski definition) is 1. The normalized spacial score (nSPS) is 15.5. The Morgan fingerprint density at radius 3 is 2.71 bits per heavy atom. The van der Waals surface area contributed by atoms with Gasteiger partial charge >= 0.3 is 0 Å². The summed E-state index contributed by atoms with van der Waals surface area (Å²) >= 11 is 0. The van der Waals surface area contributed by atoms with Crippen molar-refractivity contribution in [2.24, 2.45) is 0 Å². The van der Waals surface area contributed by atoms with Gasteiger partial charge in [0.1, 0.15) is 0 Å². The predicted molar refractivity (Wildman–Crippen MR) is 61.1 cm³/mol. The Labute approximate surface area is 96.5 Å². The SMILES string of the molecule is Cc1c(F)c(F)cc2c1c(=O)ccn2C1CC1. The maximum absolute atomic E-state index is 13.5. The van der Waals surface area contributed by atoms with E-state index in [2.05, 4.69) is 0 Å². The summed E-state index contributed by atoms with van der Waals surface area (Å²) in [5.74, 6) is -1.82. The summed E-state index contributed by atoms with van der Waals surface area (Å²) in [5.41, 5.74) is 0.338. The lowest BCUT2D eigenvalue weighted by Gasteiger charge is -2.11. The van der Waals surface area contributed by atoms with Gasteiger partial charge in [-0.3, -0.25) is 4.79 Å². The molecule has 2 nitrogen and oxygen atoms in total. The highest BCUT2D eigenvalue weighted by molar-refractivity contribution is 5.82. The van der Waals surface area contributed by atoms with Crippen LogP contribution >= 0.6 is 0 Å². The van der Waals surface area contributed by atoms with Gasteiger partial charge in [0.15, 0.2) is 17.1 Å². The van der Waals surface area contributed by atoms with Crippen LogP contribution in [0.4, 0.5) is 8.78 Å². The molecule has 0 aliphatic heterocycles. The van der Waals surface area contributed by atoms with Gasteiger partial charge in [0.25, 0.3) is 0 Å². The molecular formula is C13H11F2NO. The van der Waals surface area contributed by atoms with E-state index < -0.39 is 11.6 Å². The van der Waals surface area contributed by atoms with E-state index in [-0.39, 0.29) is 11.0 Å². The molecule has 1 heterocycles. The Balaban J connectivity index is 2.48. The number of hydrogen-bond donors (Lipinski definition) is 0. The fourth-order valence-electron chi connectivity index (χ4n) is 2.23. The van der Waals surface area contributed by atoms with Gasteiger partial charge < -0.3 is 4.57 Å². The summed E-state index contributed by atoms with van der Waals surface area (Å²) in [4.78, 5) is 11.8. The van der Waals surface area contributed by atoms with Crippen molar-refractivity contribution >= 4 is 10.9 Å². The molecule has 17 heavy (non-hydrogen) atoms. The third-order valence-electron chi connectivity index (χ3n) is 3.28. The molecule has 0 saturated heterocycles. The second kappa shape index (κ2) is 3.39. The monoisotopic (exact) mass is 235 g/mol. The largest absolute Gasteiger partial charge is 0.344 e. The van der Waals surface area contributed by atoms with Crippen molar-refractivity contribution in [3.8, 4) is 0 Å². The molecule has 1 aliphatic rings. The van der Waals surface area contributed by atoms with Gasteiger partial charge in [-0.15, -0.1) is 0 Å². The number of nitrogens with zero attached hydrogens (tertiary/aromatic N) is 1. The number of rotatable bonds is 1. The number of pyridine rings is 1. The molecule has 1 fully saturated rings. The fraction of sp³-hybridized carbons (Fsp3) is 0.308. The van der Waals surface area contributed by atoms with Crippen LogP contribution in [-0.2, 0) is 0 Å². The number of aromatic nitrogens is 1. The van der Waals surface area contributed by atoms with Crippen molar-refractivity contribution in [1.29, 1.82) is 0 Å². The van der Waals surface area contributed by atoms with E-state index >= 15 is 0 Å². The first-order chi connectivity index (χ1) is 8.09. The molecule has 0 radical (unpaired) electrons. The van der Waals surface area contributed by atoms with Crippen LogP contribution in [0.2, 0.25) is 0 Å². The molecule has 0 atom stereocenters. The van der Waals surface area contributed by atoms with E-state index in [4.69, 9.17) is 0 Å². The van der Waals surface area contributed by atoms with Crippen LogP contribution in [-0.4, -0.2) is 4.57 Å². The lowest BCUT2D eigenvalue weighted by Crippen LogP contribution is -2.10. The standard InChI is InChI=1S/C13H11F2NO/c1-7-12-10(6-9(14)13(7)15)16(8-2-3-8)5-4-11(12)17/h4-6,8H,2-3H2,1H3. The summed E-state index contributed by atoms with van der Waals surface area (Å²) in [6.07, 6.45) is 3.71. The van der Waals surface area contributed by atoms with E-state index in [1.54, 1.807) is 6.20 Å². The molecule has 2 aromatic rings. The molecule has 1 saturated carbocycles. The van der Waals surface area contributed by atoms with Gasteiger partial charge in [-0.2, -0.15) is 0 Å². The van der Waals surface area contributed by atoms with Gasteiger partial charge in [0.2, 0.25) is 0 Å². The molecule has 4 heteroatoms. The van der Waals surface area contributed by atoms with Gasteiger partial charge in [-0.1, -0.05) is 0 Å². The van der Waals surface area contributed by atoms with Crippen LogP contribution in [0.15, 0.2) is 23.1 Å². The second-order valence-electron chi connectivity index (χ2n) is 4.51. The van der Waals surface area contributed by atoms with Gasteiger partial charge in [0.05, 0.1) is 10.9 Å². The number of aryl methyl sites for hydroxylation is 1. The van der Waals surface area contributed by atoms with Gasteiger partial charge in [0, 0.05) is 29.9 Å². The zero-order chi connectivity index (χ0) is 12.2. The Bertz CT molecular complexity index is 671.